The normalized spacial score (nSPS) is 53.1. The summed E-state index contributed by atoms with van der Waals surface area (Å²) in [6.45, 7) is 12.8. The maximum absolute atomic E-state index is 6.60. The van der Waals surface area contributed by atoms with Gasteiger partial charge >= 0.3 is 0 Å². The molecule has 1 heteroatoms. The van der Waals surface area contributed by atoms with E-state index in [0.717, 1.165) is 35.5 Å². The molecule has 1 nitrogen and oxygen atoms in total. The highest BCUT2D eigenvalue weighted by Crippen LogP contribution is 2.74. The highest BCUT2D eigenvalue weighted by atomic mass is 16.6. The Kier molecular flexibility index (Phi) is 4.78. The third-order valence-corrected chi connectivity index (χ3v) is 11.2. The molecule has 9 atom stereocenters. The summed E-state index contributed by atoms with van der Waals surface area (Å²) in [4.78, 5) is 0. The van der Waals surface area contributed by atoms with Crippen LogP contribution in [0.5, 0.6) is 0 Å². The van der Waals surface area contributed by atoms with Crippen LogP contribution in [0.3, 0.4) is 0 Å². The van der Waals surface area contributed by atoms with Crippen molar-refractivity contribution in [1.29, 1.82) is 0 Å². The average Bonchev–Trinajstić information content (AvgIpc) is 3.23. The Hall–Kier alpha value is -0.0400. The van der Waals surface area contributed by atoms with E-state index in [1.54, 1.807) is 0 Å². The van der Waals surface area contributed by atoms with E-state index in [1.807, 2.05) is 0 Å². The fraction of sp³-hybridized carbons (Fsp3) is 1.00. The van der Waals surface area contributed by atoms with Crippen molar-refractivity contribution in [2.75, 3.05) is 0 Å². The van der Waals surface area contributed by atoms with Crippen molar-refractivity contribution in [3.8, 4) is 0 Å². The Labute approximate surface area is 174 Å². The molecule has 1 aliphatic heterocycles. The number of ether oxygens (including phenoxy) is 1. The fourth-order valence-electron chi connectivity index (χ4n) is 9.74. The van der Waals surface area contributed by atoms with Crippen molar-refractivity contribution < 1.29 is 4.74 Å². The molecule has 4 aliphatic carbocycles. The van der Waals surface area contributed by atoms with Crippen molar-refractivity contribution in [3.63, 3.8) is 0 Å². The van der Waals surface area contributed by atoms with Gasteiger partial charge in [-0.1, -0.05) is 66.7 Å². The smallest absolute Gasteiger partial charge is 0.100 e. The second-order valence-corrected chi connectivity index (χ2v) is 12.8. The molecule has 5 unspecified atom stereocenters. The highest BCUT2D eigenvalue weighted by molar-refractivity contribution is 5.23. The quantitative estimate of drug-likeness (QED) is 0.442. The molecule has 0 aromatic rings. The van der Waals surface area contributed by atoms with Gasteiger partial charge in [-0.25, -0.2) is 0 Å². The largest absolute Gasteiger partial charge is 0.365 e. The summed E-state index contributed by atoms with van der Waals surface area (Å²) in [7, 11) is 0. The van der Waals surface area contributed by atoms with Crippen LogP contribution in [0.1, 0.15) is 112 Å². The monoisotopic (exact) mass is 386 g/mol. The molecule has 0 amide bonds. The Morgan fingerprint density at radius 1 is 0.893 bits per heavy atom. The summed E-state index contributed by atoms with van der Waals surface area (Å²) in [5.41, 5.74) is 1.45. The van der Waals surface area contributed by atoms with Crippen molar-refractivity contribution in [3.05, 3.63) is 0 Å². The molecule has 1 heterocycles. The Morgan fingerprint density at radius 3 is 2.46 bits per heavy atom. The van der Waals surface area contributed by atoms with E-state index >= 15 is 0 Å². The van der Waals surface area contributed by atoms with E-state index in [-0.39, 0.29) is 0 Å². The Bertz CT molecular complexity index is 597. The van der Waals surface area contributed by atoms with Crippen LogP contribution in [-0.2, 0) is 4.74 Å². The molecular weight excluding hydrogens is 340 g/mol. The van der Waals surface area contributed by atoms with Gasteiger partial charge in [-0.15, -0.1) is 0 Å². The molecule has 5 fully saturated rings. The molecule has 4 saturated carbocycles. The zero-order valence-electron chi connectivity index (χ0n) is 19.4. The van der Waals surface area contributed by atoms with Crippen molar-refractivity contribution >= 4 is 0 Å². The van der Waals surface area contributed by atoms with E-state index in [9.17, 15) is 0 Å². The van der Waals surface area contributed by atoms with Gasteiger partial charge in [0.05, 0.1) is 6.10 Å². The van der Waals surface area contributed by atoms with Crippen LogP contribution in [0.25, 0.3) is 0 Å². The van der Waals surface area contributed by atoms with Gasteiger partial charge in [0.15, 0.2) is 0 Å². The summed E-state index contributed by atoms with van der Waals surface area (Å²) in [5, 5.41) is 0. The molecule has 5 rings (SSSR count). The van der Waals surface area contributed by atoms with Crippen LogP contribution in [0.4, 0.5) is 0 Å². The first kappa shape index (κ1) is 19.9. The number of hydrogen-bond acceptors (Lipinski definition) is 1. The first-order chi connectivity index (χ1) is 13.3. The van der Waals surface area contributed by atoms with E-state index in [0.29, 0.717) is 22.5 Å². The third kappa shape index (κ3) is 2.66. The molecule has 0 bridgehead atoms. The van der Waals surface area contributed by atoms with Crippen molar-refractivity contribution in [2.45, 2.75) is 123 Å². The van der Waals surface area contributed by atoms with E-state index in [4.69, 9.17) is 4.74 Å². The first-order valence-corrected chi connectivity index (χ1v) is 13.0. The molecular formula is C27H46O. The van der Waals surface area contributed by atoms with Crippen LogP contribution in [-0.4, -0.2) is 11.7 Å². The molecule has 28 heavy (non-hydrogen) atoms. The van der Waals surface area contributed by atoms with Gasteiger partial charge in [0.2, 0.25) is 0 Å². The van der Waals surface area contributed by atoms with Crippen LogP contribution in [0.2, 0.25) is 0 Å². The molecule has 1 saturated heterocycles. The van der Waals surface area contributed by atoms with E-state index in [2.05, 4.69) is 34.6 Å². The number of rotatable bonds is 5. The van der Waals surface area contributed by atoms with Crippen molar-refractivity contribution in [2.24, 2.45) is 46.3 Å². The minimum atomic E-state index is 0.322. The number of epoxide rings is 1. The standard InChI is InChI=1S/C27H46O/c1-18(2)9-8-10-19(3)21-11-12-22-20-17-24-27(28-24)15-7-6-14-26(27,5)23(20)13-16-25(21,22)4/h18-24H,6-17H2,1-5H3/t19?,20?,21?,22?,23?,24-,25+,26+,27-/m0/s1. The predicted octanol–water partition coefficient (Wildman–Crippen LogP) is 7.63. The van der Waals surface area contributed by atoms with Gasteiger partial charge < -0.3 is 4.74 Å². The van der Waals surface area contributed by atoms with Gasteiger partial charge in [0.1, 0.15) is 5.60 Å². The Balaban J connectivity index is 1.33. The molecule has 0 aromatic carbocycles. The van der Waals surface area contributed by atoms with Crippen LogP contribution >= 0.6 is 0 Å². The van der Waals surface area contributed by atoms with Gasteiger partial charge in [-0.3, -0.25) is 0 Å². The van der Waals surface area contributed by atoms with E-state index < -0.39 is 0 Å². The molecule has 1 spiro atoms. The fourth-order valence-corrected chi connectivity index (χ4v) is 9.74. The van der Waals surface area contributed by atoms with Crippen molar-refractivity contribution in [1.82, 2.24) is 0 Å². The van der Waals surface area contributed by atoms with Crippen LogP contribution in [0.15, 0.2) is 0 Å². The van der Waals surface area contributed by atoms with Crippen LogP contribution < -0.4 is 0 Å². The summed E-state index contributed by atoms with van der Waals surface area (Å²) < 4.78 is 6.60. The maximum Gasteiger partial charge on any atom is 0.100 e. The SMILES string of the molecule is CC(C)CCCC(C)C1CCC2C3C[C@@H]4O[C@@]45CCCC[C@]5(C)C3CC[C@]12C. The summed E-state index contributed by atoms with van der Waals surface area (Å²) in [6.07, 6.45) is 18.1. The lowest BCUT2D eigenvalue weighted by atomic mass is 9.44. The summed E-state index contributed by atoms with van der Waals surface area (Å²) in [6, 6.07) is 0. The average molecular weight is 387 g/mol. The maximum atomic E-state index is 6.60. The van der Waals surface area contributed by atoms with Gasteiger partial charge in [0, 0.05) is 5.41 Å². The minimum Gasteiger partial charge on any atom is -0.365 e. The zero-order valence-corrected chi connectivity index (χ0v) is 19.4. The molecule has 0 aromatic heterocycles. The second kappa shape index (κ2) is 6.73. The lowest BCUT2D eigenvalue weighted by molar-refractivity contribution is -0.100. The first-order valence-electron chi connectivity index (χ1n) is 13.0. The minimum absolute atomic E-state index is 0.322. The topological polar surface area (TPSA) is 12.5 Å². The predicted molar refractivity (Wildman–Crippen MR) is 117 cm³/mol. The molecule has 0 radical (unpaired) electrons. The number of hydrogen-bond donors (Lipinski definition) is 0. The van der Waals surface area contributed by atoms with Gasteiger partial charge in [0.25, 0.3) is 0 Å². The third-order valence-electron chi connectivity index (χ3n) is 11.2. The molecule has 160 valence electrons. The second-order valence-electron chi connectivity index (χ2n) is 12.8. The summed E-state index contributed by atoms with van der Waals surface area (Å²) >= 11 is 0. The van der Waals surface area contributed by atoms with Gasteiger partial charge in [-0.05, 0) is 85.9 Å². The molecule has 0 N–H and O–H groups in total. The van der Waals surface area contributed by atoms with E-state index in [1.165, 1.54) is 77.0 Å². The summed E-state index contributed by atoms with van der Waals surface area (Å²) in [5.74, 6) is 5.69. The molecule has 5 aliphatic rings. The zero-order chi connectivity index (χ0) is 19.7. The van der Waals surface area contributed by atoms with Gasteiger partial charge in [-0.2, -0.15) is 0 Å². The highest BCUT2D eigenvalue weighted by Gasteiger charge is 2.75. The lowest BCUT2D eigenvalue weighted by Gasteiger charge is -2.59. The lowest BCUT2D eigenvalue weighted by Crippen LogP contribution is -2.57. The number of fused-ring (bicyclic) bond motifs is 4. The van der Waals surface area contributed by atoms with Crippen LogP contribution in [0, 0.1) is 46.3 Å². The Morgan fingerprint density at radius 2 is 1.68 bits per heavy atom.